The Morgan fingerprint density at radius 3 is 1.57 bits per heavy atom. The van der Waals surface area contributed by atoms with Gasteiger partial charge >= 0.3 is 11.9 Å². The Balaban J connectivity index is 2.97. The minimum absolute atomic E-state index is 0.00363. The van der Waals surface area contributed by atoms with Gasteiger partial charge in [-0.2, -0.15) is 0 Å². The summed E-state index contributed by atoms with van der Waals surface area (Å²) < 4.78 is 10.6. The lowest BCUT2D eigenvalue weighted by Gasteiger charge is -2.19. The zero-order valence-electron chi connectivity index (χ0n) is 15.3. The monoisotopic (exact) mass is 322 g/mol. The number of esters is 2. The molecule has 0 saturated carbocycles. The standard InChI is InChI=1S/C19H30O4/c1-13(2)11-22-17(20)15-7-9-19(5,6)10-8-16(15)18(21)23-12-14(3)4/h7-8,13-14H,9-12H2,1-6H3. The van der Waals surface area contributed by atoms with Crippen molar-refractivity contribution in [3.63, 3.8) is 0 Å². The van der Waals surface area contributed by atoms with Crippen LogP contribution in [0.5, 0.6) is 0 Å². The molecular formula is C19H30O4. The van der Waals surface area contributed by atoms with Crippen LogP contribution >= 0.6 is 0 Å². The van der Waals surface area contributed by atoms with Gasteiger partial charge in [-0.05, 0) is 30.1 Å². The Morgan fingerprint density at radius 1 is 0.913 bits per heavy atom. The molecule has 0 N–H and O–H groups in total. The van der Waals surface area contributed by atoms with E-state index in [9.17, 15) is 9.59 Å². The smallest absolute Gasteiger partial charge is 0.338 e. The highest BCUT2D eigenvalue weighted by atomic mass is 16.5. The maximum atomic E-state index is 12.4. The average Bonchev–Trinajstić information content (AvgIpc) is 2.60. The van der Waals surface area contributed by atoms with Crippen molar-refractivity contribution in [1.82, 2.24) is 0 Å². The van der Waals surface area contributed by atoms with Crippen LogP contribution in [0, 0.1) is 17.3 Å². The molecule has 0 fully saturated rings. The summed E-state index contributed by atoms with van der Waals surface area (Å²) in [6.07, 6.45) is 5.07. The van der Waals surface area contributed by atoms with Gasteiger partial charge in [0.25, 0.3) is 0 Å². The molecule has 0 atom stereocenters. The molecule has 1 aliphatic carbocycles. The van der Waals surface area contributed by atoms with E-state index in [0.717, 1.165) is 12.8 Å². The van der Waals surface area contributed by atoms with Crippen molar-refractivity contribution in [2.24, 2.45) is 17.3 Å². The third-order valence-electron chi connectivity index (χ3n) is 3.54. The highest BCUT2D eigenvalue weighted by Gasteiger charge is 2.28. The Morgan fingerprint density at radius 2 is 1.26 bits per heavy atom. The summed E-state index contributed by atoms with van der Waals surface area (Å²) in [5.41, 5.74) is 0.680. The van der Waals surface area contributed by atoms with E-state index in [4.69, 9.17) is 9.47 Å². The Hall–Kier alpha value is -1.58. The highest BCUT2D eigenvalue weighted by molar-refractivity contribution is 6.07. The molecule has 4 heteroatoms. The SMILES string of the molecule is CC(C)COC(=O)C1=CCC(C)(C)CC=C1C(=O)OCC(C)C. The van der Waals surface area contributed by atoms with Gasteiger partial charge in [0.1, 0.15) is 0 Å². The minimum Gasteiger partial charge on any atom is -0.462 e. The lowest BCUT2D eigenvalue weighted by Crippen LogP contribution is -2.19. The lowest BCUT2D eigenvalue weighted by molar-refractivity contribution is -0.143. The predicted octanol–water partition coefficient (Wildman–Crippen LogP) is 4.06. The molecule has 0 aliphatic heterocycles. The van der Waals surface area contributed by atoms with Gasteiger partial charge in [-0.3, -0.25) is 0 Å². The second-order valence-corrected chi connectivity index (χ2v) is 7.79. The molecule has 0 saturated heterocycles. The molecule has 4 nitrogen and oxygen atoms in total. The molecule has 0 bridgehead atoms. The zero-order valence-corrected chi connectivity index (χ0v) is 15.3. The Bertz CT molecular complexity index is 451. The van der Waals surface area contributed by atoms with Crippen molar-refractivity contribution in [2.75, 3.05) is 13.2 Å². The van der Waals surface area contributed by atoms with Crippen LogP contribution in [0.2, 0.25) is 0 Å². The normalized spacial score (nSPS) is 17.4. The number of allylic oxidation sites excluding steroid dienone is 2. The average molecular weight is 322 g/mol. The second-order valence-electron chi connectivity index (χ2n) is 7.79. The second kappa shape index (κ2) is 8.32. The summed E-state index contributed by atoms with van der Waals surface area (Å²) in [4.78, 5) is 24.8. The van der Waals surface area contributed by atoms with Crippen molar-refractivity contribution >= 4 is 11.9 Å². The molecule has 1 aliphatic rings. The van der Waals surface area contributed by atoms with Gasteiger partial charge in [-0.1, -0.05) is 53.7 Å². The molecule has 0 radical (unpaired) electrons. The van der Waals surface area contributed by atoms with E-state index in [-0.39, 0.29) is 17.3 Å². The fourth-order valence-corrected chi connectivity index (χ4v) is 2.09. The predicted molar refractivity (Wildman–Crippen MR) is 90.8 cm³/mol. The van der Waals surface area contributed by atoms with Crippen LogP contribution in [-0.4, -0.2) is 25.2 Å². The summed E-state index contributed by atoms with van der Waals surface area (Å²) in [7, 11) is 0. The van der Waals surface area contributed by atoms with Crippen molar-refractivity contribution in [3.8, 4) is 0 Å². The number of ether oxygens (including phenoxy) is 2. The molecule has 0 heterocycles. The Kier molecular flexibility index (Phi) is 7.04. The van der Waals surface area contributed by atoms with E-state index >= 15 is 0 Å². The summed E-state index contributed by atoms with van der Waals surface area (Å²) in [5, 5.41) is 0. The van der Waals surface area contributed by atoms with Crippen molar-refractivity contribution in [2.45, 2.75) is 54.4 Å². The zero-order chi connectivity index (χ0) is 17.6. The fourth-order valence-electron chi connectivity index (χ4n) is 2.09. The largest absolute Gasteiger partial charge is 0.462 e. The maximum Gasteiger partial charge on any atom is 0.338 e. The summed E-state index contributed by atoms with van der Waals surface area (Å²) in [5.74, 6) is -0.377. The molecule has 0 aromatic carbocycles. The minimum atomic E-state index is -0.441. The molecule has 0 unspecified atom stereocenters. The van der Waals surface area contributed by atoms with Crippen LogP contribution in [-0.2, 0) is 19.1 Å². The Labute approximate surface area is 139 Å². The first-order valence-electron chi connectivity index (χ1n) is 8.37. The number of carbonyl (C=O) groups excluding carboxylic acids is 2. The molecule has 130 valence electrons. The van der Waals surface area contributed by atoms with E-state index < -0.39 is 11.9 Å². The molecule has 0 spiro atoms. The first-order chi connectivity index (χ1) is 10.6. The van der Waals surface area contributed by atoms with Crippen LogP contribution in [0.3, 0.4) is 0 Å². The van der Waals surface area contributed by atoms with E-state index in [1.165, 1.54) is 0 Å². The van der Waals surface area contributed by atoms with Crippen LogP contribution in [0.25, 0.3) is 0 Å². The summed E-state index contributed by atoms with van der Waals surface area (Å²) >= 11 is 0. The highest BCUT2D eigenvalue weighted by Crippen LogP contribution is 2.33. The van der Waals surface area contributed by atoms with Crippen molar-refractivity contribution in [3.05, 3.63) is 23.3 Å². The first-order valence-corrected chi connectivity index (χ1v) is 8.37. The van der Waals surface area contributed by atoms with Crippen molar-refractivity contribution < 1.29 is 19.1 Å². The van der Waals surface area contributed by atoms with Crippen LogP contribution in [0.4, 0.5) is 0 Å². The number of carbonyl (C=O) groups is 2. The third kappa shape index (κ3) is 6.59. The van der Waals surface area contributed by atoms with Crippen LogP contribution in [0.1, 0.15) is 54.4 Å². The van der Waals surface area contributed by atoms with Gasteiger partial charge in [-0.25, -0.2) is 9.59 Å². The lowest BCUT2D eigenvalue weighted by atomic mass is 9.86. The van der Waals surface area contributed by atoms with Gasteiger partial charge in [0.2, 0.25) is 0 Å². The number of hydrogen-bond donors (Lipinski definition) is 0. The third-order valence-corrected chi connectivity index (χ3v) is 3.54. The molecular weight excluding hydrogens is 292 g/mol. The van der Waals surface area contributed by atoms with Crippen LogP contribution in [0.15, 0.2) is 23.3 Å². The topological polar surface area (TPSA) is 52.6 Å². The molecule has 0 aromatic heterocycles. The van der Waals surface area contributed by atoms with Gasteiger partial charge in [0, 0.05) is 0 Å². The van der Waals surface area contributed by atoms with Crippen molar-refractivity contribution in [1.29, 1.82) is 0 Å². The maximum absolute atomic E-state index is 12.4. The first kappa shape index (κ1) is 19.5. The molecule has 0 amide bonds. The summed E-state index contributed by atoms with van der Waals surface area (Å²) in [6, 6.07) is 0. The van der Waals surface area contributed by atoms with E-state index in [0.29, 0.717) is 24.4 Å². The van der Waals surface area contributed by atoms with Gasteiger partial charge in [-0.15, -0.1) is 0 Å². The number of rotatable bonds is 6. The quantitative estimate of drug-likeness (QED) is 0.692. The van der Waals surface area contributed by atoms with Gasteiger partial charge < -0.3 is 9.47 Å². The van der Waals surface area contributed by atoms with Gasteiger partial charge in [0.15, 0.2) is 0 Å². The fraction of sp³-hybridized carbons (Fsp3) is 0.684. The van der Waals surface area contributed by atoms with Crippen LogP contribution < -0.4 is 0 Å². The number of hydrogen-bond acceptors (Lipinski definition) is 4. The summed E-state index contributed by atoms with van der Waals surface area (Å²) in [6.45, 7) is 12.8. The molecule has 1 rings (SSSR count). The van der Waals surface area contributed by atoms with Gasteiger partial charge in [0.05, 0.1) is 24.4 Å². The van der Waals surface area contributed by atoms with E-state index in [1.54, 1.807) is 0 Å². The molecule has 0 aromatic rings. The molecule has 23 heavy (non-hydrogen) atoms. The van der Waals surface area contributed by atoms with E-state index in [1.807, 2.05) is 39.8 Å². The van der Waals surface area contributed by atoms with E-state index in [2.05, 4.69) is 13.8 Å².